The second kappa shape index (κ2) is 7.61. The highest BCUT2D eigenvalue weighted by atomic mass is 16.5. The maximum Gasteiger partial charge on any atom is 0.373 e. The van der Waals surface area contributed by atoms with Crippen LogP contribution in [-0.4, -0.2) is 32.3 Å². The van der Waals surface area contributed by atoms with Crippen molar-refractivity contribution in [2.24, 2.45) is 5.92 Å². The number of hydrogen-bond acceptors (Lipinski definition) is 5. The molecule has 1 unspecified atom stereocenters. The van der Waals surface area contributed by atoms with E-state index in [4.69, 9.17) is 9.15 Å². The Hall–Kier alpha value is -1.33. The first-order valence-electron chi connectivity index (χ1n) is 7.70. The van der Waals surface area contributed by atoms with E-state index in [0.717, 1.165) is 38.2 Å². The van der Waals surface area contributed by atoms with Gasteiger partial charge in [-0.05, 0) is 50.8 Å². The van der Waals surface area contributed by atoms with Crippen LogP contribution in [0.25, 0.3) is 0 Å². The molecule has 21 heavy (non-hydrogen) atoms. The number of ether oxygens (including phenoxy) is 2. The smallest absolute Gasteiger partial charge is 0.373 e. The number of nitrogens with one attached hydrogen (secondary N) is 1. The van der Waals surface area contributed by atoms with Gasteiger partial charge >= 0.3 is 5.97 Å². The second-order valence-electron chi connectivity index (χ2n) is 5.45. The summed E-state index contributed by atoms with van der Waals surface area (Å²) in [5.74, 6) is 1.28. The third kappa shape index (κ3) is 4.08. The highest BCUT2D eigenvalue weighted by Gasteiger charge is 2.32. The quantitative estimate of drug-likeness (QED) is 0.747. The van der Waals surface area contributed by atoms with Crippen LogP contribution in [-0.2, 0) is 9.47 Å². The van der Waals surface area contributed by atoms with Gasteiger partial charge in [-0.1, -0.05) is 6.92 Å². The molecule has 0 aromatic carbocycles. The summed E-state index contributed by atoms with van der Waals surface area (Å²) in [6.07, 6.45) is 3.65. The zero-order valence-corrected chi connectivity index (χ0v) is 13.1. The van der Waals surface area contributed by atoms with Crippen molar-refractivity contribution in [3.05, 3.63) is 23.7 Å². The molecule has 1 N–H and O–H groups in total. The van der Waals surface area contributed by atoms with E-state index < -0.39 is 5.97 Å². The monoisotopic (exact) mass is 295 g/mol. The van der Waals surface area contributed by atoms with Gasteiger partial charge in [0, 0.05) is 6.61 Å². The lowest BCUT2D eigenvalue weighted by molar-refractivity contribution is -0.0296. The van der Waals surface area contributed by atoms with Crippen molar-refractivity contribution in [2.75, 3.05) is 20.3 Å². The van der Waals surface area contributed by atoms with E-state index in [0.29, 0.717) is 12.0 Å². The van der Waals surface area contributed by atoms with E-state index in [1.165, 1.54) is 7.11 Å². The minimum atomic E-state index is -0.434. The van der Waals surface area contributed by atoms with Crippen LogP contribution in [0.5, 0.6) is 0 Å². The highest BCUT2D eigenvalue weighted by Crippen LogP contribution is 2.37. The average molecular weight is 295 g/mol. The Balaban J connectivity index is 1.93. The fourth-order valence-corrected chi connectivity index (χ4v) is 2.87. The molecule has 5 heteroatoms. The van der Waals surface area contributed by atoms with E-state index in [-0.39, 0.29) is 11.8 Å². The minimum absolute atomic E-state index is 0.140. The van der Waals surface area contributed by atoms with Crippen LogP contribution in [0.15, 0.2) is 16.5 Å². The number of furan rings is 1. The first-order chi connectivity index (χ1) is 10.2. The molecule has 0 aliphatic heterocycles. The van der Waals surface area contributed by atoms with Crippen molar-refractivity contribution < 1.29 is 18.7 Å². The molecule has 1 aromatic heterocycles. The molecule has 1 aliphatic carbocycles. The first-order valence-corrected chi connectivity index (χ1v) is 7.70. The Morgan fingerprint density at radius 2 is 2.19 bits per heavy atom. The molecule has 1 heterocycles. The summed E-state index contributed by atoms with van der Waals surface area (Å²) in [6.45, 7) is 5.75. The molecular formula is C16H25NO4. The summed E-state index contributed by atoms with van der Waals surface area (Å²) in [7, 11) is 1.36. The lowest BCUT2D eigenvalue weighted by Gasteiger charge is -2.36. The molecule has 1 saturated carbocycles. The van der Waals surface area contributed by atoms with E-state index in [9.17, 15) is 4.79 Å². The van der Waals surface area contributed by atoms with Gasteiger partial charge in [-0.3, -0.25) is 0 Å². The lowest BCUT2D eigenvalue weighted by atomic mass is 9.78. The summed E-state index contributed by atoms with van der Waals surface area (Å²) in [4.78, 5) is 11.5. The van der Waals surface area contributed by atoms with Crippen molar-refractivity contribution in [3.8, 4) is 0 Å². The largest absolute Gasteiger partial charge is 0.463 e. The van der Waals surface area contributed by atoms with Crippen molar-refractivity contribution in [1.82, 2.24) is 5.32 Å². The molecule has 0 spiro atoms. The van der Waals surface area contributed by atoms with Gasteiger partial charge in [0.2, 0.25) is 5.76 Å². The predicted octanol–water partition coefficient (Wildman–Crippen LogP) is 2.92. The van der Waals surface area contributed by atoms with E-state index in [1.807, 2.05) is 13.0 Å². The van der Waals surface area contributed by atoms with Crippen LogP contribution in [0, 0.1) is 5.92 Å². The Kier molecular flexibility index (Phi) is 5.82. The first kappa shape index (κ1) is 16.0. The third-order valence-corrected chi connectivity index (χ3v) is 3.97. The van der Waals surface area contributed by atoms with Crippen LogP contribution >= 0.6 is 0 Å². The summed E-state index contributed by atoms with van der Waals surface area (Å²) < 4.78 is 15.9. The number of carbonyl (C=O) groups excluding carboxylic acids is 1. The molecular weight excluding hydrogens is 270 g/mol. The molecule has 1 aliphatic rings. The fourth-order valence-electron chi connectivity index (χ4n) is 2.87. The molecule has 2 rings (SSSR count). The van der Waals surface area contributed by atoms with Gasteiger partial charge in [0.05, 0.1) is 19.3 Å². The number of esters is 1. The summed E-state index contributed by atoms with van der Waals surface area (Å²) in [6, 6.07) is 3.68. The topological polar surface area (TPSA) is 60.7 Å². The Morgan fingerprint density at radius 3 is 2.81 bits per heavy atom. The van der Waals surface area contributed by atoms with Crippen molar-refractivity contribution in [3.63, 3.8) is 0 Å². The van der Waals surface area contributed by atoms with E-state index >= 15 is 0 Å². The number of carbonyl (C=O) groups is 1. The molecule has 0 radical (unpaired) electrons. The zero-order valence-electron chi connectivity index (χ0n) is 13.1. The SMILES string of the molecule is CCNC(CC1CC(OCC)C1)c1ccc(C(=O)OC)o1. The van der Waals surface area contributed by atoms with Crippen LogP contribution in [0.1, 0.15) is 55.5 Å². The molecule has 0 saturated heterocycles. The minimum Gasteiger partial charge on any atom is -0.463 e. The van der Waals surface area contributed by atoms with Gasteiger partial charge in [0.25, 0.3) is 0 Å². The Bertz CT molecular complexity index is 451. The van der Waals surface area contributed by atoms with Crippen LogP contribution in [0.3, 0.4) is 0 Å². The Labute approximate surface area is 126 Å². The lowest BCUT2D eigenvalue weighted by Crippen LogP contribution is -2.34. The molecule has 1 fully saturated rings. The molecule has 1 aromatic rings. The van der Waals surface area contributed by atoms with E-state index in [1.54, 1.807) is 6.07 Å². The molecule has 1 atom stereocenters. The van der Waals surface area contributed by atoms with Crippen molar-refractivity contribution >= 4 is 5.97 Å². The van der Waals surface area contributed by atoms with Crippen LogP contribution < -0.4 is 5.32 Å². The third-order valence-electron chi connectivity index (χ3n) is 3.97. The fraction of sp³-hybridized carbons (Fsp3) is 0.688. The Morgan fingerprint density at radius 1 is 1.43 bits per heavy atom. The van der Waals surface area contributed by atoms with E-state index in [2.05, 4.69) is 17.0 Å². The normalized spacial score (nSPS) is 22.6. The summed E-state index contributed by atoms with van der Waals surface area (Å²) in [5, 5.41) is 3.43. The van der Waals surface area contributed by atoms with Crippen LogP contribution in [0.2, 0.25) is 0 Å². The molecule has 5 nitrogen and oxygen atoms in total. The standard InChI is InChI=1S/C16H25NO4/c1-4-17-13(10-11-8-12(9-11)20-5-2)14-6-7-15(21-14)16(18)19-3/h6-7,11-13,17H,4-5,8-10H2,1-3H3. The van der Waals surface area contributed by atoms with Crippen molar-refractivity contribution in [1.29, 1.82) is 0 Å². The molecule has 118 valence electrons. The predicted molar refractivity (Wildman–Crippen MR) is 79.2 cm³/mol. The van der Waals surface area contributed by atoms with Crippen LogP contribution in [0.4, 0.5) is 0 Å². The molecule has 0 bridgehead atoms. The van der Waals surface area contributed by atoms with Gasteiger partial charge in [-0.15, -0.1) is 0 Å². The summed E-state index contributed by atoms with van der Waals surface area (Å²) >= 11 is 0. The van der Waals surface area contributed by atoms with Gasteiger partial charge in [-0.25, -0.2) is 4.79 Å². The number of rotatable bonds is 8. The van der Waals surface area contributed by atoms with Crippen molar-refractivity contribution in [2.45, 2.75) is 45.3 Å². The summed E-state index contributed by atoms with van der Waals surface area (Å²) in [5.41, 5.74) is 0. The van der Waals surface area contributed by atoms with Gasteiger partial charge in [-0.2, -0.15) is 0 Å². The molecule has 0 amide bonds. The number of methoxy groups -OCH3 is 1. The number of hydrogen-bond donors (Lipinski definition) is 1. The zero-order chi connectivity index (χ0) is 15.2. The highest BCUT2D eigenvalue weighted by molar-refractivity contribution is 5.86. The van der Waals surface area contributed by atoms with Gasteiger partial charge in [0.1, 0.15) is 5.76 Å². The second-order valence-corrected chi connectivity index (χ2v) is 5.45. The maximum absolute atomic E-state index is 11.5. The average Bonchev–Trinajstić information content (AvgIpc) is 2.93. The van der Waals surface area contributed by atoms with Gasteiger partial charge in [0.15, 0.2) is 0 Å². The van der Waals surface area contributed by atoms with Gasteiger partial charge < -0.3 is 19.2 Å². The maximum atomic E-state index is 11.5.